The van der Waals surface area contributed by atoms with E-state index in [4.69, 9.17) is 4.74 Å². The Balaban J connectivity index is 1.93. The van der Waals surface area contributed by atoms with Crippen LogP contribution in [-0.2, 0) is 14.8 Å². The van der Waals surface area contributed by atoms with Gasteiger partial charge < -0.3 is 4.74 Å². The molecule has 1 atom stereocenters. The highest BCUT2D eigenvalue weighted by atomic mass is 32.2. The molecule has 1 aliphatic carbocycles. The predicted molar refractivity (Wildman–Crippen MR) is 101 cm³/mol. The third kappa shape index (κ3) is 4.63. The second kappa shape index (κ2) is 8.32. The van der Waals surface area contributed by atoms with Crippen molar-refractivity contribution in [3.05, 3.63) is 28.3 Å². The zero-order valence-electron chi connectivity index (χ0n) is 15.3. The molecule has 2 fully saturated rings. The van der Waals surface area contributed by atoms with E-state index in [0.717, 1.165) is 37.5 Å². The molecule has 0 bridgehead atoms. The number of ether oxygens (including phenoxy) is 1. The maximum atomic E-state index is 13.0. The van der Waals surface area contributed by atoms with Gasteiger partial charge in [-0.2, -0.15) is 9.41 Å². The first-order chi connectivity index (χ1) is 12.9. The lowest BCUT2D eigenvalue weighted by Gasteiger charge is -2.26. The van der Waals surface area contributed by atoms with Gasteiger partial charge in [-0.1, -0.05) is 6.92 Å². The molecule has 1 N–H and O–H groups in total. The van der Waals surface area contributed by atoms with E-state index in [1.54, 1.807) is 0 Å². The summed E-state index contributed by atoms with van der Waals surface area (Å²) in [7, 11) is -3.90. The van der Waals surface area contributed by atoms with Crippen LogP contribution in [0.2, 0.25) is 0 Å². The normalized spacial score (nSPS) is 23.3. The quantitative estimate of drug-likeness (QED) is 0.604. The number of benzene rings is 1. The van der Waals surface area contributed by atoms with Crippen LogP contribution >= 0.6 is 0 Å². The lowest BCUT2D eigenvalue weighted by molar-refractivity contribution is -0.385. The molecule has 0 amide bonds. The molecule has 0 unspecified atom stereocenters. The first-order valence-corrected chi connectivity index (χ1v) is 10.5. The van der Waals surface area contributed by atoms with Crippen LogP contribution in [0.3, 0.4) is 0 Å². The third-order valence-electron chi connectivity index (χ3n) is 4.84. The van der Waals surface area contributed by atoms with Crippen LogP contribution in [0.25, 0.3) is 0 Å². The van der Waals surface area contributed by atoms with Gasteiger partial charge in [0.15, 0.2) is 0 Å². The van der Waals surface area contributed by atoms with Crippen molar-refractivity contribution in [1.29, 1.82) is 0 Å². The van der Waals surface area contributed by atoms with Gasteiger partial charge in [0.1, 0.15) is 4.90 Å². The van der Waals surface area contributed by atoms with Crippen molar-refractivity contribution in [2.45, 2.75) is 37.5 Å². The molecule has 9 nitrogen and oxygen atoms in total. The van der Waals surface area contributed by atoms with E-state index in [1.165, 1.54) is 16.4 Å². The van der Waals surface area contributed by atoms with Gasteiger partial charge >= 0.3 is 0 Å². The fraction of sp³-hybridized carbons (Fsp3) is 0.588. The van der Waals surface area contributed by atoms with Crippen LogP contribution in [0.15, 0.2) is 28.2 Å². The Morgan fingerprint density at radius 1 is 1.33 bits per heavy atom. The molecular formula is C17H24N4O5S. The molecule has 1 saturated carbocycles. The molecule has 1 saturated heterocycles. The zero-order valence-corrected chi connectivity index (χ0v) is 16.1. The number of anilines is 1. The summed E-state index contributed by atoms with van der Waals surface area (Å²) in [5, 5.41) is 15.5. The van der Waals surface area contributed by atoms with Gasteiger partial charge in [0.05, 0.1) is 23.8 Å². The lowest BCUT2D eigenvalue weighted by Crippen LogP contribution is -2.40. The maximum absolute atomic E-state index is 13.0. The zero-order chi connectivity index (χ0) is 19.4. The summed E-state index contributed by atoms with van der Waals surface area (Å²) in [6.45, 7) is 3.20. The minimum atomic E-state index is -3.90. The summed E-state index contributed by atoms with van der Waals surface area (Å²) < 4.78 is 32.6. The molecule has 3 rings (SSSR count). The van der Waals surface area contributed by atoms with Crippen molar-refractivity contribution in [1.82, 2.24) is 4.31 Å². The van der Waals surface area contributed by atoms with Crippen molar-refractivity contribution < 1.29 is 18.1 Å². The second-order valence-corrected chi connectivity index (χ2v) is 8.85. The van der Waals surface area contributed by atoms with Crippen molar-refractivity contribution in [3.8, 4) is 0 Å². The van der Waals surface area contributed by atoms with Gasteiger partial charge in [-0.15, -0.1) is 0 Å². The minimum absolute atomic E-state index is 0.133. The van der Waals surface area contributed by atoms with Crippen LogP contribution in [-0.4, -0.2) is 49.7 Å². The Hall–Kier alpha value is -2.04. The van der Waals surface area contributed by atoms with Crippen LogP contribution in [0, 0.1) is 16.0 Å². The Morgan fingerprint density at radius 2 is 2.07 bits per heavy atom. The molecule has 10 heteroatoms. The van der Waals surface area contributed by atoms with Crippen LogP contribution in [0.5, 0.6) is 0 Å². The van der Waals surface area contributed by atoms with Gasteiger partial charge in [-0.05, 0) is 37.7 Å². The number of hydrazone groups is 1. The topological polar surface area (TPSA) is 114 Å². The highest BCUT2D eigenvalue weighted by Crippen LogP contribution is 2.30. The Morgan fingerprint density at radius 3 is 2.74 bits per heavy atom. The molecule has 0 aromatic heterocycles. The number of nitrogens with one attached hydrogen (secondary N) is 1. The average Bonchev–Trinajstić information content (AvgIpc) is 2.67. The summed E-state index contributed by atoms with van der Waals surface area (Å²) in [4.78, 5) is 10.4. The van der Waals surface area contributed by atoms with E-state index in [2.05, 4.69) is 17.5 Å². The van der Waals surface area contributed by atoms with Crippen LogP contribution in [0.4, 0.5) is 11.4 Å². The third-order valence-corrected chi connectivity index (χ3v) is 6.78. The largest absolute Gasteiger partial charge is 0.379 e. The van der Waals surface area contributed by atoms with E-state index in [9.17, 15) is 18.5 Å². The van der Waals surface area contributed by atoms with Crippen LogP contribution < -0.4 is 5.43 Å². The standard InChI is InChI=1S/C17H24N4O5S/c1-13-3-2-4-14(11-13)18-19-16-6-5-15(21(22)23)12-17(16)27(24,25)20-7-9-26-10-8-20/h5-6,12-13,19H,2-4,7-11H2,1H3/b18-14-/t13-/m0/s1. The Bertz CT molecular complexity index is 834. The van der Waals surface area contributed by atoms with E-state index in [0.29, 0.717) is 19.1 Å². The summed E-state index contributed by atoms with van der Waals surface area (Å²) in [6, 6.07) is 3.78. The van der Waals surface area contributed by atoms with Gasteiger partial charge in [0.25, 0.3) is 5.69 Å². The van der Waals surface area contributed by atoms with E-state index < -0.39 is 14.9 Å². The number of nitrogens with zero attached hydrogens (tertiary/aromatic N) is 3. The summed E-state index contributed by atoms with van der Waals surface area (Å²) in [5.74, 6) is 0.549. The highest BCUT2D eigenvalue weighted by Gasteiger charge is 2.30. The van der Waals surface area contributed by atoms with Gasteiger partial charge in [0, 0.05) is 30.9 Å². The first-order valence-electron chi connectivity index (χ1n) is 9.05. The van der Waals surface area contributed by atoms with E-state index in [-0.39, 0.29) is 29.4 Å². The predicted octanol–water partition coefficient (Wildman–Crippen LogP) is 2.59. The van der Waals surface area contributed by atoms with Crippen LogP contribution in [0.1, 0.15) is 32.6 Å². The van der Waals surface area contributed by atoms with Gasteiger partial charge in [0.2, 0.25) is 10.0 Å². The number of nitro benzene ring substituents is 1. The molecule has 148 valence electrons. The molecule has 1 aromatic carbocycles. The fourth-order valence-electron chi connectivity index (χ4n) is 3.36. The lowest BCUT2D eigenvalue weighted by atomic mass is 9.89. The van der Waals surface area contributed by atoms with E-state index in [1.807, 2.05) is 0 Å². The monoisotopic (exact) mass is 396 g/mol. The molecule has 1 aromatic rings. The molecule has 0 spiro atoms. The molecule has 0 radical (unpaired) electrons. The maximum Gasteiger partial charge on any atom is 0.270 e. The summed E-state index contributed by atoms with van der Waals surface area (Å²) in [6.07, 6.45) is 3.95. The first kappa shape index (κ1) is 19.7. The van der Waals surface area contributed by atoms with Crippen molar-refractivity contribution in [3.63, 3.8) is 0 Å². The molecule has 1 heterocycles. The van der Waals surface area contributed by atoms with Gasteiger partial charge in [-0.25, -0.2) is 8.42 Å². The fourth-order valence-corrected chi connectivity index (χ4v) is 4.93. The smallest absolute Gasteiger partial charge is 0.270 e. The highest BCUT2D eigenvalue weighted by molar-refractivity contribution is 7.89. The Kier molecular flexibility index (Phi) is 6.08. The minimum Gasteiger partial charge on any atom is -0.379 e. The number of non-ortho nitro benzene ring substituents is 1. The van der Waals surface area contributed by atoms with Gasteiger partial charge in [-0.3, -0.25) is 15.5 Å². The molecule has 1 aliphatic heterocycles. The second-order valence-electron chi connectivity index (χ2n) is 6.95. The number of hydrogen-bond donors (Lipinski definition) is 1. The van der Waals surface area contributed by atoms with Crippen molar-refractivity contribution in [2.75, 3.05) is 31.7 Å². The molecule has 27 heavy (non-hydrogen) atoms. The van der Waals surface area contributed by atoms with E-state index >= 15 is 0 Å². The summed E-state index contributed by atoms with van der Waals surface area (Å²) in [5.41, 5.74) is 3.81. The number of hydrogen-bond acceptors (Lipinski definition) is 7. The number of sulfonamides is 1. The van der Waals surface area contributed by atoms with Crippen molar-refractivity contribution >= 4 is 27.1 Å². The van der Waals surface area contributed by atoms with Crippen molar-refractivity contribution in [2.24, 2.45) is 11.0 Å². The number of rotatable bonds is 5. The number of morpholine rings is 1. The number of nitro groups is 1. The molecular weight excluding hydrogens is 372 g/mol. The SMILES string of the molecule is C[C@H]1CCC/C(=N/Nc2ccc([N+](=O)[O-])cc2S(=O)(=O)N2CCOCC2)C1. The molecule has 2 aliphatic rings. The summed E-state index contributed by atoms with van der Waals surface area (Å²) >= 11 is 0. The Labute approximate surface area is 158 Å². The average molecular weight is 396 g/mol.